The maximum absolute atomic E-state index is 11.6. The molecule has 1 aromatic rings. The number of carbonyl (C=O) groups is 1. The van der Waals surface area contributed by atoms with Crippen LogP contribution < -0.4 is 5.32 Å². The van der Waals surface area contributed by atoms with Gasteiger partial charge in [-0.3, -0.25) is 4.79 Å². The van der Waals surface area contributed by atoms with Gasteiger partial charge < -0.3 is 10.1 Å². The van der Waals surface area contributed by atoms with Crippen LogP contribution in [-0.4, -0.2) is 18.1 Å². The third-order valence-corrected chi connectivity index (χ3v) is 3.20. The summed E-state index contributed by atoms with van der Waals surface area (Å²) in [6, 6.07) is 10.1. The highest BCUT2D eigenvalue weighted by Gasteiger charge is 2.36. The van der Waals surface area contributed by atoms with E-state index >= 15 is 0 Å². The van der Waals surface area contributed by atoms with Crippen LogP contribution in [0.1, 0.15) is 32.4 Å². The molecule has 1 fully saturated rings. The number of rotatable bonds is 2. The maximum Gasteiger partial charge on any atom is 0.249 e. The zero-order valence-electron chi connectivity index (χ0n) is 10.5. The van der Waals surface area contributed by atoms with Crippen LogP contribution in [-0.2, 0) is 9.53 Å². The Labute approximate surface area is 102 Å². The van der Waals surface area contributed by atoms with Crippen molar-refractivity contribution in [3.8, 4) is 0 Å². The molecular weight excluding hydrogens is 214 g/mol. The van der Waals surface area contributed by atoms with Gasteiger partial charge in [-0.05, 0) is 18.4 Å². The average Bonchev–Trinajstić information content (AvgIpc) is 2.33. The van der Waals surface area contributed by atoms with Crippen LogP contribution in [0.5, 0.6) is 0 Å². The first-order valence-corrected chi connectivity index (χ1v) is 6.10. The molecule has 0 aliphatic carbocycles. The summed E-state index contributed by atoms with van der Waals surface area (Å²) in [5.41, 5.74) is 1.12. The summed E-state index contributed by atoms with van der Waals surface area (Å²) in [6.07, 6.45) is -0.431. The number of morpholine rings is 1. The Morgan fingerprint density at radius 2 is 1.88 bits per heavy atom. The fourth-order valence-electron chi connectivity index (χ4n) is 2.17. The molecule has 3 heteroatoms. The molecule has 1 N–H and O–H groups in total. The molecule has 92 valence electrons. The number of nitrogens with one attached hydrogen (secondary N) is 1. The molecule has 3 unspecified atom stereocenters. The van der Waals surface area contributed by atoms with Gasteiger partial charge in [0.2, 0.25) is 5.91 Å². The lowest BCUT2D eigenvalue weighted by molar-refractivity contribution is -0.150. The smallest absolute Gasteiger partial charge is 0.249 e. The minimum absolute atomic E-state index is 0.0177. The second kappa shape index (κ2) is 4.88. The summed E-state index contributed by atoms with van der Waals surface area (Å²) in [6.45, 7) is 5.99. The van der Waals surface area contributed by atoms with Crippen LogP contribution in [0, 0.1) is 5.92 Å². The zero-order chi connectivity index (χ0) is 12.4. The first-order valence-electron chi connectivity index (χ1n) is 6.10. The van der Waals surface area contributed by atoms with E-state index in [0.29, 0.717) is 5.92 Å². The molecule has 1 aliphatic heterocycles. The Hall–Kier alpha value is -1.35. The van der Waals surface area contributed by atoms with Crippen molar-refractivity contribution < 1.29 is 9.53 Å². The Morgan fingerprint density at radius 3 is 2.47 bits per heavy atom. The van der Waals surface area contributed by atoms with Gasteiger partial charge in [-0.25, -0.2) is 0 Å². The third-order valence-electron chi connectivity index (χ3n) is 3.20. The molecule has 0 radical (unpaired) electrons. The van der Waals surface area contributed by atoms with Gasteiger partial charge in [-0.1, -0.05) is 44.2 Å². The van der Waals surface area contributed by atoms with Crippen LogP contribution in [0.3, 0.4) is 0 Å². The third kappa shape index (κ3) is 2.50. The van der Waals surface area contributed by atoms with E-state index in [4.69, 9.17) is 4.74 Å². The van der Waals surface area contributed by atoms with Gasteiger partial charge in [0.25, 0.3) is 0 Å². The highest BCUT2D eigenvalue weighted by molar-refractivity contribution is 5.81. The van der Waals surface area contributed by atoms with Gasteiger partial charge in [-0.15, -0.1) is 0 Å². The monoisotopic (exact) mass is 233 g/mol. The first-order chi connectivity index (χ1) is 8.09. The molecule has 0 bridgehead atoms. The topological polar surface area (TPSA) is 38.3 Å². The summed E-state index contributed by atoms with van der Waals surface area (Å²) < 4.78 is 5.85. The van der Waals surface area contributed by atoms with Crippen molar-refractivity contribution in [1.29, 1.82) is 0 Å². The zero-order valence-corrected chi connectivity index (χ0v) is 10.5. The van der Waals surface area contributed by atoms with E-state index in [1.807, 2.05) is 30.3 Å². The highest BCUT2D eigenvalue weighted by Crippen LogP contribution is 2.30. The molecule has 1 amide bonds. The molecular formula is C14H19NO2. The van der Waals surface area contributed by atoms with Gasteiger partial charge >= 0.3 is 0 Å². The highest BCUT2D eigenvalue weighted by atomic mass is 16.5. The van der Waals surface area contributed by atoms with Crippen LogP contribution in [0.2, 0.25) is 0 Å². The van der Waals surface area contributed by atoms with Crippen molar-refractivity contribution in [1.82, 2.24) is 5.32 Å². The standard InChI is InChI=1S/C14H19NO2/c1-9(2)12-13(11-7-5-4-6-8-11)17-10(3)14(16)15-12/h4-10,12-13H,1-3H3,(H,15,16). The number of ether oxygens (including phenoxy) is 1. The molecule has 3 atom stereocenters. The number of hydrogen-bond donors (Lipinski definition) is 1. The van der Waals surface area contributed by atoms with E-state index in [9.17, 15) is 4.79 Å². The van der Waals surface area contributed by atoms with Crippen LogP contribution >= 0.6 is 0 Å². The minimum Gasteiger partial charge on any atom is -0.359 e. The summed E-state index contributed by atoms with van der Waals surface area (Å²) in [5.74, 6) is 0.326. The van der Waals surface area contributed by atoms with E-state index in [1.54, 1.807) is 6.92 Å². The normalized spacial score (nSPS) is 29.2. The maximum atomic E-state index is 11.6. The number of carbonyl (C=O) groups excluding carboxylic acids is 1. The Bertz CT molecular complexity index is 388. The van der Waals surface area contributed by atoms with E-state index in [0.717, 1.165) is 5.56 Å². The molecule has 0 saturated carbocycles. The van der Waals surface area contributed by atoms with Gasteiger partial charge in [-0.2, -0.15) is 0 Å². The van der Waals surface area contributed by atoms with E-state index in [-0.39, 0.29) is 24.2 Å². The minimum atomic E-state index is -0.379. The summed E-state index contributed by atoms with van der Waals surface area (Å²) >= 11 is 0. The van der Waals surface area contributed by atoms with Crippen LogP contribution in [0.25, 0.3) is 0 Å². The number of benzene rings is 1. The second-order valence-corrected chi connectivity index (χ2v) is 4.89. The number of hydrogen-bond acceptors (Lipinski definition) is 2. The van der Waals surface area contributed by atoms with Crippen molar-refractivity contribution in [2.45, 2.75) is 39.0 Å². The summed E-state index contributed by atoms with van der Waals surface area (Å²) in [7, 11) is 0. The lowest BCUT2D eigenvalue weighted by Gasteiger charge is -2.38. The average molecular weight is 233 g/mol. The van der Waals surface area contributed by atoms with Crippen molar-refractivity contribution in [3.63, 3.8) is 0 Å². The molecule has 1 saturated heterocycles. The quantitative estimate of drug-likeness (QED) is 0.851. The SMILES string of the molecule is CC1OC(c2ccccc2)C(C(C)C)NC1=O. The summed E-state index contributed by atoms with van der Waals surface area (Å²) in [5, 5.41) is 3.05. The van der Waals surface area contributed by atoms with Crippen molar-refractivity contribution >= 4 is 5.91 Å². The molecule has 1 heterocycles. The Balaban J connectivity index is 2.26. The van der Waals surface area contributed by atoms with Crippen molar-refractivity contribution in [3.05, 3.63) is 35.9 Å². The van der Waals surface area contributed by atoms with Gasteiger partial charge in [0.05, 0.1) is 6.04 Å². The van der Waals surface area contributed by atoms with Crippen molar-refractivity contribution in [2.75, 3.05) is 0 Å². The largest absolute Gasteiger partial charge is 0.359 e. The lowest BCUT2D eigenvalue weighted by Crippen LogP contribution is -2.53. The van der Waals surface area contributed by atoms with Gasteiger partial charge in [0.15, 0.2) is 0 Å². The van der Waals surface area contributed by atoms with Crippen molar-refractivity contribution in [2.24, 2.45) is 5.92 Å². The van der Waals surface area contributed by atoms with E-state index < -0.39 is 0 Å². The van der Waals surface area contributed by atoms with Crippen LogP contribution in [0.15, 0.2) is 30.3 Å². The molecule has 1 aliphatic rings. The van der Waals surface area contributed by atoms with E-state index in [2.05, 4.69) is 19.2 Å². The fourth-order valence-corrected chi connectivity index (χ4v) is 2.17. The van der Waals surface area contributed by atoms with E-state index in [1.165, 1.54) is 0 Å². The number of amides is 1. The molecule has 2 rings (SSSR count). The predicted molar refractivity (Wildman–Crippen MR) is 66.5 cm³/mol. The molecule has 17 heavy (non-hydrogen) atoms. The first kappa shape index (κ1) is 12.1. The second-order valence-electron chi connectivity index (χ2n) is 4.89. The van der Waals surface area contributed by atoms with Crippen LogP contribution in [0.4, 0.5) is 0 Å². The van der Waals surface area contributed by atoms with Gasteiger partial charge in [0.1, 0.15) is 12.2 Å². The molecule has 1 aromatic carbocycles. The molecule has 3 nitrogen and oxygen atoms in total. The lowest BCUT2D eigenvalue weighted by atomic mass is 9.91. The summed E-state index contributed by atoms with van der Waals surface area (Å²) in [4.78, 5) is 11.6. The molecule has 0 aromatic heterocycles. The Kier molecular flexibility index (Phi) is 3.48. The van der Waals surface area contributed by atoms with Gasteiger partial charge in [0, 0.05) is 0 Å². The Morgan fingerprint density at radius 1 is 1.24 bits per heavy atom. The fraction of sp³-hybridized carbons (Fsp3) is 0.500. The molecule has 0 spiro atoms. The predicted octanol–water partition coefficient (Wildman–Crippen LogP) is 2.29.